The third-order valence-corrected chi connectivity index (χ3v) is 4.64. The van der Waals surface area contributed by atoms with E-state index in [-0.39, 0.29) is 5.91 Å². The van der Waals surface area contributed by atoms with Crippen molar-refractivity contribution in [2.45, 2.75) is 6.92 Å². The van der Waals surface area contributed by atoms with Crippen molar-refractivity contribution in [2.24, 2.45) is 0 Å². The van der Waals surface area contributed by atoms with Crippen molar-refractivity contribution in [3.63, 3.8) is 0 Å². The van der Waals surface area contributed by atoms with Crippen molar-refractivity contribution in [3.8, 4) is 0 Å². The van der Waals surface area contributed by atoms with E-state index in [0.29, 0.717) is 17.1 Å². The number of hydrogen-bond acceptors (Lipinski definition) is 5. The van der Waals surface area contributed by atoms with E-state index in [1.807, 2.05) is 12.1 Å². The van der Waals surface area contributed by atoms with E-state index in [0.717, 1.165) is 31.9 Å². The molecule has 3 N–H and O–H groups in total. The van der Waals surface area contributed by atoms with Gasteiger partial charge in [-0.3, -0.25) is 14.4 Å². The van der Waals surface area contributed by atoms with Gasteiger partial charge in [-0.05, 0) is 49.5 Å². The molecule has 0 bridgehead atoms. The largest absolute Gasteiger partial charge is 0.369 e. The second kappa shape index (κ2) is 9.20. The van der Waals surface area contributed by atoms with Gasteiger partial charge in [-0.2, -0.15) is 0 Å². The van der Waals surface area contributed by atoms with Crippen LogP contribution in [0.2, 0.25) is 0 Å². The first kappa shape index (κ1) is 20.3. The minimum absolute atomic E-state index is 0.216. The smallest absolute Gasteiger partial charge is 0.314 e. The maximum absolute atomic E-state index is 12.2. The van der Waals surface area contributed by atoms with Crippen LogP contribution in [-0.2, 0) is 14.4 Å². The van der Waals surface area contributed by atoms with Crippen molar-refractivity contribution in [1.29, 1.82) is 0 Å². The fourth-order valence-corrected chi connectivity index (χ4v) is 3.07. The number of piperazine rings is 1. The van der Waals surface area contributed by atoms with E-state index < -0.39 is 11.8 Å². The highest BCUT2D eigenvalue weighted by atomic mass is 16.2. The van der Waals surface area contributed by atoms with Crippen LogP contribution < -0.4 is 20.9 Å². The molecule has 0 spiro atoms. The molecule has 1 fully saturated rings. The number of likely N-dealkylation sites (N-methyl/N-ethyl adjacent to an activating group) is 1. The molecule has 3 rings (SSSR count). The van der Waals surface area contributed by atoms with Gasteiger partial charge in [0.05, 0.1) is 0 Å². The van der Waals surface area contributed by atoms with Gasteiger partial charge in [0, 0.05) is 55.9 Å². The Bertz CT molecular complexity index is 889. The van der Waals surface area contributed by atoms with Crippen LogP contribution in [0.3, 0.4) is 0 Å². The molecule has 2 aromatic rings. The number of amides is 3. The summed E-state index contributed by atoms with van der Waals surface area (Å²) in [7, 11) is 2.11. The minimum Gasteiger partial charge on any atom is -0.369 e. The van der Waals surface area contributed by atoms with Crippen LogP contribution in [0.25, 0.3) is 0 Å². The van der Waals surface area contributed by atoms with Gasteiger partial charge < -0.3 is 25.8 Å². The Morgan fingerprint density at radius 3 is 1.90 bits per heavy atom. The highest BCUT2D eigenvalue weighted by Gasteiger charge is 2.16. The van der Waals surface area contributed by atoms with Gasteiger partial charge in [-0.25, -0.2) is 0 Å². The van der Waals surface area contributed by atoms with Gasteiger partial charge in [0.25, 0.3) is 0 Å². The summed E-state index contributed by atoms with van der Waals surface area (Å²) in [6.45, 7) is 5.35. The predicted octanol–water partition coefficient (Wildman–Crippen LogP) is 1.97. The summed E-state index contributed by atoms with van der Waals surface area (Å²) >= 11 is 0. The summed E-state index contributed by atoms with van der Waals surface area (Å²) in [4.78, 5) is 40.1. The quantitative estimate of drug-likeness (QED) is 0.689. The van der Waals surface area contributed by atoms with E-state index in [1.165, 1.54) is 6.92 Å². The van der Waals surface area contributed by atoms with E-state index in [2.05, 4.69) is 32.8 Å². The molecule has 0 saturated carbocycles. The number of anilines is 4. The predicted molar refractivity (Wildman–Crippen MR) is 114 cm³/mol. The number of carbonyl (C=O) groups is 3. The fraction of sp³-hybridized carbons (Fsp3) is 0.286. The molecule has 1 aliphatic heterocycles. The third-order valence-electron chi connectivity index (χ3n) is 4.64. The molecule has 0 unspecified atom stereocenters. The summed E-state index contributed by atoms with van der Waals surface area (Å²) in [5, 5.41) is 7.75. The first-order chi connectivity index (χ1) is 13.9. The van der Waals surface area contributed by atoms with Crippen LogP contribution in [0.1, 0.15) is 6.92 Å². The van der Waals surface area contributed by atoms with E-state index >= 15 is 0 Å². The summed E-state index contributed by atoms with van der Waals surface area (Å²) in [5.41, 5.74) is 2.60. The molecular formula is C21H25N5O3. The Hall–Kier alpha value is -3.39. The molecule has 0 radical (unpaired) electrons. The summed E-state index contributed by atoms with van der Waals surface area (Å²) in [6, 6.07) is 14.0. The first-order valence-electron chi connectivity index (χ1n) is 9.44. The van der Waals surface area contributed by atoms with Crippen LogP contribution in [0.15, 0.2) is 48.5 Å². The lowest BCUT2D eigenvalue weighted by atomic mass is 10.2. The summed E-state index contributed by atoms with van der Waals surface area (Å²) in [5.74, 6) is -1.76. The molecule has 29 heavy (non-hydrogen) atoms. The standard InChI is InChI=1S/C21H25N5O3/c1-15(27)22-17-4-3-5-18(14-17)24-21(29)20(28)23-16-6-8-19(9-7-16)26-12-10-25(2)11-13-26/h3-9,14H,10-13H2,1-2H3,(H,22,27)(H,23,28)(H,24,29). The number of benzene rings is 2. The Kier molecular flexibility index (Phi) is 6.46. The fourth-order valence-electron chi connectivity index (χ4n) is 3.07. The van der Waals surface area contributed by atoms with E-state index in [9.17, 15) is 14.4 Å². The summed E-state index contributed by atoms with van der Waals surface area (Å²) < 4.78 is 0. The highest BCUT2D eigenvalue weighted by Crippen LogP contribution is 2.19. The summed E-state index contributed by atoms with van der Waals surface area (Å²) in [6.07, 6.45) is 0. The molecule has 1 saturated heterocycles. The zero-order valence-electron chi connectivity index (χ0n) is 16.6. The molecule has 152 valence electrons. The molecule has 3 amide bonds. The van der Waals surface area contributed by atoms with Crippen molar-refractivity contribution >= 4 is 40.5 Å². The second-order valence-corrected chi connectivity index (χ2v) is 7.01. The van der Waals surface area contributed by atoms with Crippen LogP contribution in [-0.4, -0.2) is 55.8 Å². The molecule has 8 nitrogen and oxygen atoms in total. The van der Waals surface area contributed by atoms with E-state index in [1.54, 1.807) is 36.4 Å². The monoisotopic (exact) mass is 395 g/mol. The first-order valence-corrected chi connectivity index (χ1v) is 9.44. The van der Waals surface area contributed by atoms with Crippen molar-refractivity contribution in [1.82, 2.24) is 4.90 Å². The highest BCUT2D eigenvalue weighted by molar-refractivity contribution is 6.43. The minimum atomic E-state index is -0.784. The lowest BCUT2D eigenvalue weighted by molar-refractivity contribution is -0.132. The Balaban J connectivity index is 1.55. The van der Waals surface area contributed by atoms with Gasteiger partial charge >= 0.3 is 11.8 Å². The molecular weight excluding hydrogens is 370 g/mol. The average molecular weight is 395 g/mol. The lowest BCUT2D eigenvalue weighted by Crippen LogP contribution is -2.44. The van der Waals surface area contributed by atoms with Crippen molar-refractivity contribution in [2.75, 3.05) is 54.1 Å². The van der Waals surface area contributed by atoms with Gasteiger partial charge in [0.1, 0.15) is 0 Å². The normalized spacial score (nSPS) is 14.2. The topological polar surface area (TPSA) is 93.8 Å². The number of rotatable bonds is 4. The lowest BCUT2D eigenvalue weighted by Gasteiger charge is -2.34. The molecule has 0 atom stereocenters. The zero-order valence-corrected chi connectivity index (χ0v) is 16.6. The SMILES string of the molecule is CC(=O)Nc1cccc(NC(=O)C(=O)Nc2ccc(N3CCN(C)CC3)cc2)c1. The maximum Gasteiger partial charge on any atom is 0.314 e. The number of nitrogens with one attached hydrogen (secondary N) is 3. The second-order valence-electron chi connectivity index (χ2n) is 7.01. The molecule has 1 aliphatic rings. The third kappa shape index (κ3) is 5.79. The zero-order chi connectivity index (χ0) is 20.8. The number of hydrogen-bond donors (Lipinski definition) is 3. The van der Waals surface area contributed by atoms with E-state index in [4.69, 9.17) is 0 Å². The number of nitrogens with zero attached hydrogens (tertiary/aromatic N) is 2. The Morgan fingerprint density at radius 2 is 1.31 bits per heavy atom. The Labute approximate surface area is 169 Å². The van der Waals surface area contributed by atoms with Crippen LogP contribution >= 0.6 is 0 Å². The molecule has 1 heterocycles. The maximum atomic E-state index is 12.2. The van der Waals surface area contributed by atoms with Gasteiger partial charge in [-0.15, -0.1) is 0 Å². The van der Waals surface area contributed by atoms with Crippen molar-refractivity contribution < 1.29 is 14.4 Å². The number of carbonyl (C=O) groups excluding carboxylic acids is 3. The van der Waals surface area contributed by atoms with Gasteiger partial charge in [0.2, 0.25) is 5.91 Å². The van der Waals surface area contributed by atoms with Gasteiger partial charge in [-0.1, -0.05) is 6.07 Å². The molecule has 2 aromatic carbocycles. The van der Waals surface area contributed by atoms with Gasteiger partial charge in [0.15, 0.2) is 0 Å². The molecule has 8 heteroatoms. The van der Waals surface area contributed by atoms with Crippen LogP contribution in [0.4, 0.5) is 22.7 Å². The van der Waals surface area contributed by atoms with Crippen LogP contribution in [0.5, 0.6) is 0 Å². The molecule has 0 aromatic heterocycles. The molecule has 0 aliphatic carbocycles. The van der Waals surface area contributed by atoms with Crippen LogP contribution in [0, 0.1) is 0 Å². The average Bonchev–Trinajstić information content (AvgIpc) is 2.69. The van der Waals surface area contributed by atoms with Crippen molar-refractivity contribution in [3.05, 3.63) is 48.5 Å². The Morgan fingerprint density at radius 1 is 0.759 bits per heavy atom.